The number of hydrogen-bond acceptors (Lipinski definition) is 7. The lowest BCUT2D eigenvalue weighted by molar-refractivity contribution is -0.126. The number of amides is 1. The Morgan fingerprint density at radius 2 is 1.97 bits per heavy atom. The average Bonchev–Trinajstić information content (AvgIpc) is 3.45. The quantitative estimate of drug-likeness (QED) is 0.563. The summed E-state index contributed by atoms with van der Waals surface area (Å²) in [5.74, 6) is 0.716. The van der Waals surface area contributed by atoms with E-state index in [1.807, 2.05) is 37.3 Å². The monoisotopic (exact) mass is 474 g/mol. The van der Waals surface area contributed by atoms with Crippen molar-refractivity contribution in [1.82, 2.24) is 19.8 Å². The molecule has 3 aromatic rings. The highest BCUT2D eigenvalue weighted by atomic mass is 32.2. The van der Waals surface area contributed by atoms with E-state index in [1.165, 1.54) is 15.6 Å². The molecular weight excluding hydrogens is 448 g/mol. The van der Waals surface area contributed by atoms with Crippen LogP contribution in [0.15, 0.2) is 45.8 Å². The van der Waals surface area contributed by atoms with Crippen molar-refractivity contribution < 1.29 is 17.7 Å². The van der Waals surface area contributed by atoms with E-state index in [-0.39, 0.29) is 16.7 Å². The van der Waals surface area contributed by atoms with Gasteiger partial charge < -0.3 is 9.84 Å². The highest BCUT2D eigenvalue weighted by Gasteiger charge is 2.34. The molecule has 1 aliphatic rings. The molecule has 8 nitrogen and oxygen atoms in total. The summed E-state index contributed by atoms with van der Waals surface area (Å²) in [7, 11) is -3.66. The van der Waals surface area contributed by atoms with Crippen molar-refractivity contribution in [2.45, 2.75) is 44.6 Å². The smallest absolute Gasteiger partial charge is 0.244 e. The normalized spacial score (nSPS) is 15.7. The second-order valence-electron chi connectivity index (χ2n) is 7.78. The summed E-state index contributed by atoms with van der Waals surface area (Å²) in [6.45, 7) is 4.81. The molecule has 0 aliphatic carbocycles. The number of nitrogens with one attached hydrogen (secondary N) is 1. The molecule has 0 atom stereocenters. The van der Waals surface area contributed by atoms with Gasteiger partial charge in [0.1, 0.15) is 0 Å². The van der Waals surface area contributed by atoms with Crippen molar-refractivity contribution in [1.29, 1.82) is 0 Å². The third kappa shape index (κ3) is 4.77. The van der Waals surface area contributed by atoms with Gasteiger partial charge in [0, 0.05) is 36.9 Å². The predicted molar refractivity (Wildman–Crippen MR) is 121 cm³/mol. The molecular formula is C22H26N4O4S2. The van der Waals surface area contributed by atoms with Crippen LogP contribution in [-0.4, -0.2) is 41.9 Å². The highest BCUT2D eigenvalue weighted by molar-refractivity contribution is 7.89. The fourth-order valence-electron chi connectivity index (χ4n) is 3.76. The Bertz CT molecular complexity index is 1180. The Morgan fingerprint density at radius 3 is 2.62 bits per heavy atom. The molecule has 3 heterocycles. The van der Waals surface area contributed by atoms with Crippen LogP contribution in [0.4, 0.5) is 0 Å². The second-order valence-corrected chi connectivity index (χ2v) is 10.9. The van der Waals surface area contributed by atoms with Gasteiger partial charge in [-0.1, -0.05) is 42.4 Å². The molecule has 2 aromatic heterocycles. The van der Waals surface area contributed by atoms with Crippen molar-refractivity contribution in [2.75, 3.05) is 13.1 Å². The Kier molecular flexibility index (Phi) is 6.73. The molecule has 0 unspecified atom stereocenters. The lowest BCUT2D eigenvalue weighted by atomic mass is 9.97. The SMILES string of the molecule is CCc1nc(-c2cc(S(=O)(=O)N3CCC(C(=O)NCc4ccccc4)CC3)c(C)s2)no1. The van der Waals surface area contributed by atoms with Gasteiger partial charge in [-0.05, 0) is 31.4 Å². The average molecular weight is 475 g/mol. The zero-order valence-corrected chi connectivity index (χ0v) is 19.7. The fraction of sp³-hybridized carbons (Fsp3) is 0.409. The Morgan fingerprint density at radius 1 is 1.25 bits per heavy atom. The third-order valence-electron chi connectivity index (χ3n) is 5.62. The first-order valence-corrected chi connectivity index (χ1v) is 12.9. The van der Waals surface area contributed by atoms with Crippen LogP contribution in [0, 0.1) is 12.8 Å². The Balaban J connectivity index is 1.39. The van der Waals surface area contributed by atoms with Crippen LogP contribution in [0.5, 0.6) is 0 Å². The second kappa shape index (κ2) is 9.51. The number of benzene rings is 1. The van der Waals surface area contributed by atoms with Gasteiger partial charge in [0.25, 0.3) is 0 Å². The minimum atomic E-state index is -3.66. The topological polar surface area (TPSA) is 105 Å². The van der Waals surface area contributed by atoms with Crippen molar-refractivity contribution in [3.05, 3.63) is 52.7 Å². The molecule has 32 heavy (non-hydrogen) atoms. The molecule has 0 radical (unpaired) electrons. The summed E-state index contributed by atoms with van der Waals surface area (Å²) in [5, 5.41) is 6.91. The number of carbonyl (C=O) groups excluding carboxylic acids is 1. The summed E-state index contributed by atoms with van der Waals surface area (Å²) in [6.07, 6.45) is 1.62. The maximum absolute atomic E-state index is 13.3. The largest absolute Gasteiger partial charge is 0.352 e. The first-order valence-electron chi connectivity index (χ1n) is 10.6. The van der Waals surface area contributed by atoms with Gasteiger partial charge in [0.15, 0.2) is 0 Å². The van der Waals surface area contributed by atoms with E-state index in [2.05, 4.69) is 15.5 Å². The van der Waals surface area contributed by atoms with Crippen molar-refractivity contribution in [3.63, 3.8) is 0 Å². The maximum Gasteiger partial charge on any atom is 0.244 e. The number of rotatable bonds is 7. The number of hydrogen-bond donors (Lipinski definition) is 1. The molecule has 1 aliphatic heterocycles. The van der Waals surface area contributed by atoms with E-state index < -0.39 is 10.0 Å². The maximum atomic E-state index is 13.3. The molecule has 1 aromatic carbocycles. The van der Waals surface area contributed by atoms with Crippen molar-refractivity contribution in [3.8, 4) is 10.7 Å². The van der Waals surface area contributed by atoms with E-state index in [0.29, 0.717) is 60.4 Å². The van der Waals surface area contributed by atoms with Crippen LogP contribution < -0.4 is 5.32 Å². The number of aryl methyl sites for hydroxylation is 2. The van der Waals surface area contributed by atoms with Crippen LogP contribution >= 0.6 is 11.3 Å². The van der Waals surface area contributed by atoms with Gasteiger partial charge >= 0.3 is 0 Å². The summed E-state index contributed by atoms with van der Waals surface area (Å²) < 4.78 is 33.2. The molecule has 0 bridgehead atoms. The zero-order valence-electron chi connectivity index (χ0n) is 18.1. The zero-order chi connectivity index (χ0) is 22.7. The summed E-state index contributed by atoms with van der Waals surface area (Å²) in [5.41, 5.74) is 1.04. The number of aromatic nitrogens is 2. The highest BCUT2D eigenvalue weighted by Crippen LogP contribution is 2.34. The number of sulfonamides is 1. The summed E-state index contributed by atoms with van der Waals surface area (Å²) in [6, 6.07) is 11.4. The summed E-state index contributed by atoms with van der Waals surface area (Å²) >= 11 is 1.34. The van der Waals surface area contributed by atoms with Gasteiger partial charge in [-0.25, -0.2) is 8.42 Å². The molecule has 1 saturated heterocycles. The van der Waals surface area contributed by atoms with Gasteiger partial charge in [-0.15, -0.1) is 11.3 Å². The molecule has 1 amide bonds. The first kappa shape index (κ1) is 22.6. The minimum Gasteiger partial charge on any atom is -0.352 e. The first-order chi connectivity index (χ1) is 15.4. The molecule has 170 valence electrons. The number of piperidine rings is 1. The lowest BCUT2D eigenvalue weighted by Crippen LogP contribution is -2.42. The van der Waals surface area contributed by atoms with Crippen molar-refractivity contribution >= 4 is 27.3 Å². The van der Waals surface area contributed by atoms with Crippen LogP contribution in [0.1, 0.15) is 36.1 Å². The third-order valence-corrected chi connectivity index (χ3v) is 8.82. The van der Waals surface area contributed by atoms with E-state index >= 15 is 0 Å². The number of carbonyl (C=O) groups is 1. The molecule has 4 rings (SSSR count). The van der Waals surface area contributed by atoms with Gasteiger partial charge in [-0.3, -0.25) is 4.79 Å². The lowest BCUT2D eigenvalue weighted by Gasteiger charge is -2.30. The van der Waals surface area contributed by atoms with Gasteiger partial charge in [-0.2, -0.15) is 9.29 Å². The van der Waals surface area contributed by atoms with Gasteiger partial charge in [0.05, 0.1) is 9.77 Å². The van der Waals surface area contributed by atoms with E-state index in [0.717, 1.165) is 5.56 Å². The molecule has 0 spiro atoms. The Labute approximate surface area is 191 Å². The summed E-state index contributed by atoms with van der Waals surface area (Å²) in [4.78, 5) is 18.5. The molecule has 0 saturated carbocycles. The van der Waals surface area contributed by atoms with E-state index in [9.17, 15) is 13.2 Å². The van der Waals surface area contributed by atoms with E-state index in [4.69, 9.17) is 4.52 Å². The molecule has 1 N–H and O–H groups in total. The molecule has 1 fully saturated rings. The van der Waals surface area contributed by atoms with Crippen molar-refractivity contribution in [2.24, 2.45) is 5.92 Å². The van der Waals surface area contributed by atoms with Crippen LogP contribution in [0.2, 0.25) is 0 Å². The van der Waals surface area contributed by atoms with E-state index in [1.54, 1.807) is 13.0 Å². The minimum absolute atomic E-state index is 0.0243. The van der Waals surface area contributed by atoms with Crippen LogP contribution in [0.25, 0.3) is 10.7 Å². The fourth-order valence-corrected chi connectivity index (χ4v) is 6.71. The standard InChI is InChI=1S/C22H26N4O4S2/c1-3-20-24-21(25-30-20)18-13-19(15(2)31-18)32(28,29)26-11-9-17(10-12-26)22(27)23-14-16-7-5-4-6-8-16/h4-8,13,17H,3,9-12,14H2,1-2H3,(H,23,27). The van der Waals surface area contributed by atoms with Crippen LogP contribution in [0.3, 0.4) is 0 Å². The van der Waals surface area contributed by atoms with Gasteiger partial charge in [0.2, 0.25) is 27.6 Å². The number of nitrogens with zero attached hydrogens (tertiary/aromatic N) is 3. The predicted octanol–water partition coefficient (Wildman–Crippen LogP) is 3.39. The molecule has 10 heteroatoms. The number of thiophene rings is 1. The Hall–Kier alpha value is -2.56. The van der Waals surface area contributed by atoms with Crippen LogP contribution in [-0.2, 0) is 27.8 Å².